The molecule has 2 nitrogen and oxygen atoms in total. The summed E-state index contributed by atoms with van der Waals surface area (Å²) in [5, 5.41) is 3.86. The number of hydrogen-bond acceptors (Lipinski definition) is 2. The predicted molar refractivity (Wildman–Crippen MR) is 55.4 cm³/mol. The summed E-state index contributed by atoms with van der Waals surface area (Å²) in [5.41, 5.74) is 0.904. The molecule has 0 N–H and O–H groups in total. The van der Waals surface area contributed by atoms with Gasteiger partial charge in [0.1, 0.15) is 6.61 Å². The first-order valence-corrected chi connectivity index (χ1v) is 4.54. The topological polar surface area (TPSA) is 21.6 Å². The minimum atomic E-state index is 0.393. The van der Waals surface area contributed by atoms with Crippen molar-refractivity contribution in [2.24, 2.45) is 11.1 Å². The van der Waals surface area contributed by atoms with E-state index in [2.05, 4.69) is 25.6 Å². The van der Waals surface area contributed by atoms with E-state index in [1.807, 2.05) is 20.8 Å². The van der Waals surface area contributed by atoms with Crippen LogP contribution in [0.25, 0.3) is 0 Å². The van der Waals surface area contributed by atoms with E-state index in [1.165, 1.54) is 0 Å². The molecule has 0 bridgehead atoms. The fourth-order valence-electron chi connectivity index (χ4n) is 0.517. The lowest BCUT2D eigenvalue weighted by Gasteiger charge is -2.02. The van der Waals surface area contributed by atoms with E-state index in [9.17, 15) is 0 Å². The molecule has 0 radical (unpaired) electrons. The summed E-state index contributed by atoms with van der Waals surface area (Å²) in [5.74, 6) is 0.393. The van der Waals surface area contributed by atoms with Gasteiger partial charge in [0.25, 0.3) is 0 Å². The van der Waals surface area contributed by atoms with Crippen LogP contribution in [-0.2, 0) is 4.84 Å². The molecule has 0 atom stereocenters. The third-order valence-corrected chi connectivity index (χ3v) is 1.10. The summed E-state index contributed by atoms with van der Waals surface area (Å²) in [6.45, 7) is 14.3. The highest BCUT2D eigenvalue weighted by Crippen LogP contribution is 1.98. The Balaban J connectivity index is 0. The molecule has 0 aromatic heterocycles. The zero-order chi connectivity index (χ0) is 9.98. The van der Waals surface area contributed by atoms with Gasteiger partial charge in [0.2, 0.25) is 0 Å². The average Bonchev–Trinajstić information content (AvgIpc) is 2.09. The van der Waals surface area contributed by atoms with Gasteiger partial charge in [-0.2, -0.15) is 0 Å². The second-order valence-electron chi connectivity index (χ2n) is 2.29. The summed E-state index contributed by atoms with van der Waals surface area (Å²) < 4.78 is 0. The number of nitrogens with zero attached hydrogens (tertiary/aromatic N) is 1. The number of oxime groups is 1. The Morgan fingerprint density at radius 2 is 2.00 bits per heavy atom. The van der Waals surface area contributed by atoms with Crippen molar-refractivity contribution in [2.75, 3.05) is 6.61 Å². The highest BCUT2D eigenvalue weighted by molar-refractivity contribution is 5.95. The van der Waals surface area contributed by atoms with E-state index in [-0.39, 0.29) is 0 Å². The summed E-state index contributed by atoms with van der Waals surface area (Å²) in [6.07, 6.45) is 1.72. The molecule has 0 aliphatic rings. The average molecular weight is 171 g/mol. The van der Waals surface area contributed by atoms with Crippen LogP contribution in [-0.4, -0.2) is 12.3 Å². The van der Waals surface area contributed by atoms with E-state index in [0.29, 0.717) is 12.5 Å². The van der Waals surface area contributed by atoms with Crippen molar-refractivity contribution in [1.82, 2.24) is 0 Å². The number of rotatable bonds is 4. The van der Waals surface area contributed by atoms with Crippen molar-refractivity contribution in [3.8, 4) is 0 Å². The van der Waals surface area contributed by atoms with Crippen LogP contribution in [0.2, 0.25) is 0 Å². The van der Waals surface area contributed by atoms with E-state index < -0.39 is 0 Å². The fourth-order valence-corrected chi connectivity index (χ4v) is 0.517. The molecule has 0 rings (SSSR count). The van der Waals surface area contributed by atoms with Gasteiger partial charge in [-0.05, 0) is 18.9 Å². The molecule has 0 fully saturated rings. The summed E-state index contributed by atoms with van der Waals surface area (Å²) in [4.78, 5) is 4.86. The fraction of sp³-hybridized carbons (Fsp3) is 0.700. The van der Waals surface area contributed by atoms with Crippen molar-refractivity contribution in [2.45, 2.75) is 34.6 Å². The summed E-state index contributed by atoms with van der Waals surface area (Å²) >= 11 is 0. The van der Waals surface area contributed by atoms with Crippen molar-refractivity contribution < 1.29 is 4.84 Å². The monoisotopic (exact) mass is 171 g/mol. The second-order valence-corrected chi connectivity index (χ2v) is 2.29. The van der Waals surface area contributed by atoms with Crippen molar-refractivity contribution in [1.29, 1.82) is 0 Å². The minimum absolute atomic E-state index is 0.393. The van der Waals surface area contributed by atoms with Crippen molar-refractivity contribution >= 4 is 5.71 Å². The molecule has 0 aromatic carbocycles. The van der Waals surface area contributed by atoms with E-state index in [0.717, 1.165) is 5.71 Å². The van der Waals surface area contributed by atoms with E-state index in [1.54, 1.807) is 6.08 Å². The summed E-state index contributed by atoms with van der Waals surface area (Å²) in [6, 6.07) is 0. The van der Waals surface area contributed by atoms with Crippen LogP contribution in [0.4, 0.5) is 0 Å². The Kier molecular flexibility index (Phi) is 11.7. The van der Waals surface area contributed by atoms with Crippen LogP contribution in [0.1, 0.15) is 34.6 Å². The van der Waals surface area contributed by atoms with Gasteiger partial charge < -0.3 is 4.84 Å². The second kappa shape index (κ2) is 10.2. The molecule has 0 aliphatic heterocycles. The van der Waals surface area contributed by atoms with Crippen LogP contribution in [0.3, 0.4) is 0 Å². The Hall–Kier alpha value is -0.790. The van der Waals surface area contributed by atoms with Crippen LogP contribution >= 0.6 is 0 Å². The normalized spacial score (nSPS) is 10.3. The maximum absolute atomic E-state index is 4.86. The molecule has 0 aliphatic carbocycles. The molecule has 0 saturated carbocycles. The van der Waals surface area contributed by atoms with Crippen molar-refractivity contribution in [3.05, 3.63) is 12.7 Å². The zero-order valence-corrected chi connectivity index (χ0v) is 8.92. The molecule has 0 aromatic rings. The molecule has 12 heavy (non-hydrogen) atoms. The van der Waals surface area contributed by atoms with Crippen LogP contribution in [0, 0.1) is 5.92 Å². The molecule has 0 heterocycles. The van der Waals surface area contributed by atoms with Gasteiger partial charge in [-0.25, -0.2) is 0 Å². The van der Waals surface area contributed by atoms with Crippen LogP contribution < -0.4 is 0 Å². The molecular formula is C10H21NO. The first kappa shape index (κ1) is 13.8. The van der Waals surface area contributed by atoms with Gasteiger partial charge in [0, 0.05) is 0 Å². The maximum Gasteiger partial charge on any atom is 0.114 e. The lowest BCUT2D eigenvalue weighted by molar-refractivity contribution is 0.157. The molecule has 0 saturated heterocycles. The predicted octanol–water partition coefficient (Wildman–Crippen LogP) is 3.25. The lowest BCUT2D eigenvalue weighted by atomic mass is 10.1. The lowest BCUT2D eigenvalue weighted by Crippen LogP contribution is -2.03. The third-order valence-electron chi connectivity index (χ3n) is 1.10. The molecular weight excluding hydrogens is 150 g/mol. The quantitative estimate of drug-likeness (QED) is 0.470. The molecule has 0 unspecified atom stereocenters. The smallest absolute Gasteiger partial charge is 0.114 e. The highest BCUT2D eigenvalue weighted by Gasteiger charge is 1.99. The Morgan fingerprint density at radius 3 is 2.25 bits per heavy atom. The first-order chi connectivity index (χ1) is 5.72. The largest absolute Gasteiger partial charge is 0.396 e. The SMILES string of the molecule is C=C/C(=N\OCC)C(C)C.CC. The Morgan fingerprint density at radius 1 is 1.50 bits per heavy atom. The van der Waals surface area contributed by atoms with Gasteiger partial charge in [-0.15, -0.1) is 0 Å². The standard InChI is InChI=1S/C8H15NO.C2H6/c1-5-8(7(3)4)9-10-6-2;1-2/h5,7H,1,6H2,2-4H3;1-2H3/b9-8+;. The third kappa shape index (κ3) is 7.32. The van der Waals surface area contributed by atoms with Crippen molar-refractivity contribution in [3.63, 3.8) is 0 Å². The molecule has 2 heteroatoms. The maximum atomic E-state index is 4.86. The number of allylic oxidation sites excluding steroid dienone is 1. The van der Waals surface area contributed by atoms with E-state index >= 15 is 0 Å². The van der Waals surface area contributed by atoms with Gasteiger partial charge in [-0.1, -0.05) is 39.4 Å². The Labute approximate surface area is 76.3 Å². The minimum Gasteiger partial charge on any atom is -0.396 e. The van der Waals surface area contributed by atoms with Gasteiger partial charge in [0.05, 0.1) is 5.71 Å². The molecule has 72 valence electrons. The number of hydrogen-bond donors (Lipinski definition) is 0. The first-order valence-electron chi connectivity index (χ1n) is 4.54. The van der Waals surface area contributed by atoms with Gasteiger partial charge in [-0.3, -0.25) is 0 Å². The summed E-state index contributed by atoms with van der Waals surface area (Å²) in [7, 11) is 0. The zero-order valence-electron chi connectivity index (χ0n) is 8.92. The van der Waals surface area contributed by atoms with Gasteiger partial charge in [0.15, 0.2) is 0 Å². The Bertz CT molecular complexity index is 128. The van der Waals surface area contributed by atoms with Crippen LogP contribution in [0.5, 0.6) is 0 Å². The van der Waals surface area contributed by atoms with Crippen LogP contribution in [0.15, 0.2) is 17.8 Å². The van der Waals surface area contributed by atoms with E-state index in [4.69, 9.17) is 4.84 Å². The molecule has 0 spiro atoms. The molecule has 0 amide bonds. The highest BCUT2D eigenvalue weighted by atomic mass is 16.6. The van der Waals surface area contributed by atoms with Gasteiger partial charge >= 0.3 is 0 Å².